The molecule has 5 rings (SSSR count). The zero-order chi connectivity index (χ0) is 25.5. The van der Waals surface area contributed by atoms with Crippen LogP contribution in [0.3, 0.4) is 0 Å². The van der Waals surface area contributed by atoms with E-state index >= 15 is 0 Å². The highest BCUT2D eigenvalue weighted by molar-refractivity contribution is 6.36. The van der Waals surface area contributed by atoms with Gasteiger partial charge in [-0.05, 0) is 36.0 Å². The van der Waals surface area contributed by atoms with Crippen molar-refractivity contribution in [1.29, 1.82) is 5.26 Å². The van der Waals surface area contributed by atoms with Crippen LogP contribution >= 0.6 is 11.6 Å². The second-order valence-electron chi connectivity index (χ2n) is 11.0. The summed E-state index contributed by atoms with van der Waals surface area (Å²) in [5, 5.41) is 20.5. The Kier molecular flexibility index (Phi) is 6.23. The minimum absolute atomic E-state index is 0.0366. The lowest BCUT2D eigenvalue weighted by molar-refractivity contribution is 0.260. The largest absolute Gasteiger partial charge is 0.383 e. The van der Waals surface area contributed by atoms with Crippen LogP contribution in [0.4, 0.5) is 11.4 Å². The van der Waals surface area contributed by atoms with Crippen molar-refractivity contribution in [2.45, 2.75) is 45.1 Å². The SMILES string of the molecule is BC(Nc1cc(Cl)c2ncc(C#N)c(NCC(C)(C)C)c2c1)(C1=CN(C2CC2)NN1)c1ccccc1. The molecule has 1 atom stereocenters. The zero-order valence-electron chi connectivity index (χ0n) is 21.1. The van der Waals surface area contributed by atoms with Crippen LogP contribution in [-0.4, -0.2) is 30.4 Å². The van der Waals surface area contributed by atoms with Crippen molar-refractivity contribution < 1.29 is 0 Å². The maximum atomic E-state index is 9.79. The highest BCUT2D eigenvalue weighted by atomic mass is 35.5. The fraction of sp³-hybridized carbons (Fsp3) is 0.333. The maximum absolute atomic E-state index is 9.79. The Bertz CT molecular complexity index is 1360. The number of rotatable bonds is 7. The predicted molar refractivity (Wildman–Crippen MR) is 149 cm³/mol. The van der Waals surface area contributed by atoms with E-state index in [-0.39, 0.29) is 5.41 Å². The third-order valence-electron chi connectivity index (χ3n) is 6.65. The molecule has 7 nitrogen and oxygen atoms in total. The molecule has 36 heavy (non-hydrogen) atoms. The van der Waals surface area contributed by atoms with Gasteiger partial charge in [0.15, 0.2) is 0 Å². The van der Waals surface area contributed by atoms with Crippen LogP contribution in [0.5, 0.6) is 0 Å². The number of nitrogens with zero attached hydrogens (tertiary/aromatic N) is 3. The minimum atomic E-state index is -0.575. The van der Waals surface area contributed by atoms with Gasteiger partial charge in [0.1, 0.15) is 13.9 Å². The number of nitrogens with one attached hydrogen (secondary N) is 4. The molecule has 0 spiro atoms. The first-order chi connectivity index (χ1) is 17.2. The molecule has 0 amide bonds. The van der Waals surface area contributed by atoms with Gasteiger partial charge in [-0.2, -0.15) is 5.26 Å². The van der Waals surface area contributed by atoms with E-state index in [4.69, 9.17) is 11.6 Å². The topological polar surface area (TPSA) is 88.0 Å². The lowest BCUT2D eigenvalue weighted by atomic mass is 9.69. The van der Waals surface area contributed by atoms with Gasteiger partial charge in [-0.3, -0.25) is 9.99 Å². The third kappa shape index (κ3) is 4.82. The number of benzene rings is 2. The number of pyridine rings is 1. The van der Waals surface area contributed by atoms with E-state index in [1.807, 2.05) is 30.3 Å². The smallest absolute Gasteiger partial charge is 0.148 e. The molecule has 1 aliphatic carbocycles. The van der Waals surface area contributed by atoms with Crippen molar-refractivity contribution in [3.63, 3.8) is 0 Å². The lowest BCUT2D eigenvalue weighted by Crippen LogP contribution is -2.45. The monoisotopic (exact) mass is 499 g/mol. The molecule has 2 aliphatic rings. The summed E-state index contributed by atoms with van der Waals surface area (Å²) in [6.45, 7) is 7.17. The molecule has 0 saturated heterocycles. The van der Waals surface area contributed by atoms with E-state index in [1.54, 1.807) is 6.20 Å². The van der Waals surface area contributed by atoms with Gasteiger partial charge < -0.3 is 16.1 Å². The van der Waals surface area contributed by atoms with Gasteiger partial charge in [0.25, 0.3) is 0 Å². The van der Waals surface area contributed by atoms with Crippen molar-refractivity contribution in [2.24, 2.45) is 5.41 Å². The number of fused-ring (bicyclic) bond motifs is 1. The Labute approximate surface area is 218 Å². The summed E-state index contributed by atoms with van der Waals surface area (Å²) < 4.78 is 0. The van der Waals surface area contributed by atoms with Gasteiger partial charge in [0.2, 0.25) is 0 Å². The first kappa shape index (κ1) is 24.3. The number of aromatic nitrogens is 1. The van der Waals surface area contributed by atoms with Gasteiger partial charge in [0.05, 0.1) is 32.9 Å². The molecule has 1 aromatic heterocycles. The molecule has 1 unspecified atom stereocenters. The van der Waals surface area contributed by atoms with E-state index in [9.17, 15) is 5.26 Å². The van der Waals surface area contributed by atoms with Crippen LogP contribution in [0.25, 0.3) is 10.9 Å². The van der Waals surface area contributed by atoms with Gasteiger partial charge in [-0.1, -0.05) is 62.7 Å². The highest BCUT2D eigenvalue weighted by Gasteiger charge is 2.38. The quantitative estimate of drug-likeness (QED) is 0.357. The number of hydrogen-bond donors (Lipinski definition) is 4. The van der Waals surface area contributed by atoms with Crippen LogP contribution in [0, 0.1) is 16.7 Å². The van der Waals surface area contributed by atoms with Crippen LogP contribution in [0.15, 0.2) is 60.6 Å². The molecule has 0 radical (unpaired) electrons. The third-order valence-corrected chi connectivity index (χ3v) is 6.94. The molecule has 1 aliphatic heterocycles. The molecular formula is C27H31BClN7. The first-order valence-electron chi connectivity index (χ1n) is 12.3. The Hall–Kier alpha value is -3.41. The summed E-state index contributed by atoms with van der Waals surface area (Å²) in [6.07, 6.45) is 6.11. The summed E-state index contributed by atoms with van der Waals surface area (Å²) in [4.78, 5) is 4.50. The van der Waals surface area contributed by atoms with Crippen LogP contribution in [0.2, 0.25) is 5.02 Å². The Morgan fingerprint density at radius 2 is 1.97 bits per heavy atom. The molecule has 1 saturated carbocycles. The van der Waals surface area contributed by atoms with Crippen molar-refractivity contribution in [3.8, 4) is 6.07 Å². The van der Waals surface area contributed by atoms with E-state index < -0.39 is 5.44 Å². The van der Waals surface area contributed by atoms with Gasteiger partial charge in [0, 0.05) is 36.1 Å². The van der Waals surface area contributed by atoms with Crippen molar-refractivity contribution >= 4 is 41.7 Å². The molecule has 1 fully saturated rings. The summed E-state index contributed by atoms with van der Waals surface area (Å²) in [5.41, 5.74) is 11.0. The molecule has 3 aromatic rings. The van der Waals surface area contributed by atoms with E-state index in [1.165, 1.54) is 12.8 Å². The standard InChI is InChI=1S/C27H31BClN7/c1-26(2,3)16-32-24-17(13-30)14-31-25-21(24)11-19(12-22(25)29)33-27(28,18-7-5-4-6-8-18)23-15-36(35-34-23)20-9-10-20/h4-8,11-12,14-15,20,33-35H,9-10,16,28H2,1-3H3,(H,31,32). The summed E-state index contributed by atoms with van der Waals surface area (Å²) in [7, 11) is 2.15. The Morgan fingerprint density at radius 1 is 1.22 bits per heavy atom. The second-order valence-corrected chi connectivity index (χ2v) is 11.4. The second kappa shape index (κ2) is 9.23. The van der Waals surface area contributed by atoms with Gasteiger partial charge >= 0.3 is 0 Å². The molecule has 0 bridgehead atoms. The molecule has 9 heteroatoms. The summed E-state index contributed by atoms with van der Waals surface area (Å²) >= 11 is 6.76. The summed E-state index contributed by atoms with van der Waals surface area (Å²) in [5.74, 6) is 0. The van der Waals surface area contributed by atoms with Crippen LogP contribution in [-0.2, 0) is 5.44 Å². The Balaban J connectivity index is 1.59. The van der Waals surface area contributed by atoms with E-state index in [2.05, 4.69) is 84.6 Å². The van der Waals surface area contributed by atoms with Crippen molar-refractivity contribution in [1.82, 2.24) is 21.0 Å². The molecule has 184 valence electrons. The summed E-state index contributed by atoms with van der Waals surface area (Å²) in [6, 6.07) is 17.1. The van der Waals surface area contributed by atoms with E-state index in [0.29, 0.717) is 28.7 Å². The fourth-order valence-corrected chi connectivity index (χ4v) is 4.72. The molecule has 4 N–H and O–H groups in total. The fourth-order valence-electron chi connectivity index (χ4n) is 4.45. The predicted octanol–water partition coefficient (Wildman–Crippen LogP) is 4.44. The zero-order valence-corrected chi connectivity index (χ0v) is 21.9. The van der Waals surface area contributed by atoms with Gasteiger partial charge in [-0.25, -0.2) is 0 Å². The molecule has 2 heterocycles. The van der Waals surface area contributed by atoms with Gasteiger partial charge in [-0.15, -0.1) is 5.53 Å². The number of halogens is 1. The number of hydrogen-bond acceptors (Lipinski definition) is 7. The first-order valence-corrected chi connectivity index (χ1v) is 12.7. The van der Waals surface area contributed by atoms with Crippen molar-refractivity contribution in [2.75, 3.05) is 17.2 Å². The molecular weight excluding hydrogens is 469 g/mol. The highest BCUT2D eigenvalue weighted by Crippen LogP contribution is 2.38. The van der Waals surface area contributed by atoms with E-state index in [0.717, 1.165) is 28.0 Å². The van der Waals surface area contributed by atoms with Crippen molar-refractivity contribution in [3.05, 3.63) is 76.7 Å². The number of nitriles is 1. The maximum Gasteiger partial charge on any atom is 0.148 e. The minimum Gasteiger partial charge on any atom is -0.383 e. The van der Waals surface area contributed by atoms with Crippen LogP contribution in [0.1, 0.15) is 44.7 Å². The Morgan fingerprint density at radius 3 is 2.64 bits per heavy atom. The average molecular weight is 500 g/mol. The lowest BCUT2D eigenvalue weighted by Gasteiger charge is -2.34. The number of hydrazine groups is 2. The number of anilines is 2. The normalized spacial score (nSPS) is 17.2. The average Bonchev–Trinajstić information content (AvgIpc) is 3.58. The van der Waals surface area contributed by atoms with Crippen LogP contribution < -0.4 is 21.6 Å². The molecule has 2 aromatic carbocycles.